The van der Waals surface area contributed by atoms with E-state index in [1.807, 2.05) is 0 Å². The standard InChI is InChI=1S/C49H90O12S/c1-3-5-7-9-11-13-15-17-19-21-22-23-25-27-29-31-33-35-37-39-57-41-43(42-58-49-47(53)48(61-62(54,55)56)46(52)44(40-50)60-49)59-45(51)38-36-34-32-30-28-26-24-20-18-16-14-12-10-8-6-4-2/h14,16,19-21,24,43-44,46-50,52-53H,3-13,15,17-18,22-23,25-42H2,1-2H3,(H,54,55,56)/b16-14-,21-19-,24-20-. The van der Waals surface area contributed by atoms with Gasteiger partial charge in [-0.25, -0.2) is 4.18 Å². The van der Waals surface area contributed by atoms with Crippen molar-refractivity contribution in [3.8, 4) is 0 Å². The molecule has 6 unspecified atom stereocenters. The van der Waals surface area contributed by atoms with Gasteiger partial charge in [0.05, 0.1) is 19.8 Å². The number of aliphatic hydroxyl groups is 3. The first-order chi connectivity index (χ1) is 30.1. The van der Waals surface area contributed by atoms with Crippen molar-refractivity contribution in [3.63, 3.8) is 0 Å². The lowest BCUT2D eigenvalue weighted by molar-refractivity contribution is -0.301. The summed E-state index contributed by atoms with van der Waals surface area (Å²) in [7, 11) is -5.07. The molecule has 1 fully saturated rings. The summed E-state index contributed by atoms with van der Waals surface area (Å²) >= 11 is 0. The second-order valence-corrected chi connectivity index (χ2v) is 18.1. The summed E-state index contributed by atoms with van der Waals surface area (Å²) in [6, 6.07) is 0. The monoisotopic (exact) mass is 903 g/mol. The first-order valence-corrected chi connectivity index (χ1v) is 26.1. The molecule has 0 amide bonds. The molecule has 4 N–H and O–H groups in total. The molecule has 1 aliphatic rings. The minimum absolute atomic E-state index is 0.0291. The van der Waals surface area contributed by atoms with E-state index in [2.05, 4.69) is 54.5 Å². The van der Waals surface area contributed by atoms with Crippen LogP contribution in [0.3, 0.4) is 0 Å². The van der Waals surface area contributed by atoms with Crippen LogP contribution in [0.4, 0.5) is 0 Å². The summed E-state index contributed by atoms with van der Waals surface area (Å²) in [5.74, 6) is -0.413. The summed E-state index contributed by atoms with van der Waals surface area (Å²) in [6.07, 6.45) is 38.9. The average molecular weight is 903 g/mol. The minimum atomic E-state index is -5.07. The summed E-state index contributed by atoms with van der Waals surface area (Å²) < 4.78 is 59.2. The van der Waals surface area contributed by atoms with Crippen LogP contribution in [0.5, 0.6) is 0 Å². The summed E-state index contributed by atoms with van der Waals surface area (Å²) in [4.78, 5) is 12.9. The second kappa shape index (κ2) is 40.8. The highest BCUT2D eigenvalue weighted by Gasteiger charge is 2.48. The Kier molecular flexibility index (Phi) is 38.4. The molecule has 1 aliphatic heterocycles. The van der Waals surface area contributed by atoms with Gasteiger partial charge < -0.3 is 34.3 Å². The van der Waals surface area contributed by atoms with Gasteiger partial charge in [0, 0.05) is 13.0 Å². The Hall–Kier alpha value is -1.68. The molecule has 0 spiro atoms. The van der Waals surface area contributed by atoms with E-state index in [1.54, 1.807) is 0 Å². The first-order valence-electron chi connectivity index (χ1n) is 24.7. The van der Waals surface area contributed by atoms with Crippen molar-refractivity contribution in [2.24, 2.45) is 0 Å². The van der Waals surface area contributed by atoms with Crippen LogP contribution in [0.1, 0.15) is 206 Å². The largest absolute Gasteiger partial charge is 0.457 e. The molecule has 0 bridgehead atoms. The van der Waals surface area contributed by atoms with Crippen molar-refractivity contribution in [2.75, 3.05) is 26.4 Å². The van der Waals surface area contributed by atoms with Crippen molar-refractivity contribution in [3.05, 3.63) is 36.5 Å². The van der Waals surface area contributed by atoms with Gasteiger partial charge in [-0.3, -0.25) is 9.35 Å². The van der Waals surface area contributed by atoms with Crippen molar-refractivity contribution in [1.29, 1.82) is 0 Å². The molecule has 0 aliphatic carbocycles. The fourth-order valence-corrected chi connectivity index (χ4v) is 7.97. The van der Waals surface area contributed by atoms with Crippen LogP contribution in [-0.4, -0.2) is 97.5 Å². The van der Waals surface area contributed by atoms with E-state index in [-0.39, 0.29) is 19.6 Å². The van der Waals surface area contributed by atoms with Crippen LogP contribution in [0.2, 0.25) is 0 Å². The molecular weight excluding hydrogens is 813 g/mol. The third-order valence-corrected chi connectivity index (χ3v) is 11.7. The molecule has 1 heterocycles. The first kappa shape index (κ1) is 58.3. The maximum Gasteiger partial charge on any atom is 0.397 e. The molecular formula is C49H90O12S. The number of carbonyl (C=O) groups is 1. The molecule has 12 nitrogen and oxygen atoms in total. The number of hydrogen-bond donors (Lipinski definition) is 4. The highest BCUT2D eigenvalue weighted by Crippen LogP contribution is 2.26. The Balaban J connectivity index is 2.39. The van der Waals surface area contributed by atoms with Crippen molar-refractivity contribution in [1.82, 2.24) is 0 Å². The van der Waals surface area contributed by atoms with Crippen molar-refractivity contribution < 1.29 is 56.2 Å². The zero-order valence-corrected chi connectivity index (χ0v) is 39.7. The maximum absolute atomic E-state index is 12.9. The van der Waals surface area contributed by atoms with Crippen LogP contribution >= 0.6 is 0 Å². The van der Waals surface area contributed by atoms with Crippen molar-refractivity contribution in [2.45, 2.75) is 243 Å². The van der Waals surface area contributed by atoms with E-state index >= 15 is 0 Å². The van der Waals surface area contributed by atoms with Crippen LogP contribution in [0.15, 0.2) is 36.5 Å². The lowest BCUT2D eigenvalue weighted by Gasteiger charge is -2.41. The molecule has 13 heteroatoms. The molecule has 0 radical (unpaired) electrons. The van der Waals surface area contributed by atoms with E-state index < -0.39 is 59.8 Å². The number of rotatable bonds is 43. The van der Waals surface area contributed by atoms with Crippen LogP contribution in [0, 0.1) is 0 Å². The molecule has 0 aromatic heterocycles. The SMILES string of the molecule is CCCCCC/C=C\C/C=C\CCCCCCCC(=O)OC(COCCCCCCCCCC/C=C\CCCCCCCCC)COC1OC(CO)C(O)C(OS(=O)(=O)O)C1O. The van der Waals surface area contributed by atoms with Crippen LogP contribution in [-0.2, 0) is 38.3 Å². The minimum Gasteiger partial charge on any atom is -0.457 e. The van der Waals surface area contributed by atoms with Crippen LogP contribution < -0.4 is 0 Å². The predicted molar refractivity (Wildman–Crippen MR) is 248 cm³/mol. The normalized spacial score (nSPS) is 20.3. The Labute approximate surface area is 377 Å². The number of carbonyl (C=O) groups excluding carboxylic acids is 1. The number of esters is 1. The van der Waals surface area contributed by atoms with Gasteiger partial charge in [-0.15, -0.1) is 0 Å². The Morgan fingerprint density at radius 3 is 1.56 bits per heavy atom. The van der Waals surface area contributed by atoms with Gasteiger partial charge in [-0.1, -0.05) is 166 Å². The Morgan fingerprint density at radius 2 is 1.06 bits per heavy atom. The number of unbranched alkanes of at least 4 members (excludes halogenated alkanes) is 24. The van der Waals surface area contributed by atoms with Gasteiger partial charge in [0.1, 0.15) is 30.5 Å². The Morgan fingerprint density at radius 1 is 0.613 bits per heavy atom. The number of allylic oxidation sites excluding steroid dienone is 6. The third kappa shape index (κ3) is 33.8. The fourth-order valence-electron chi connectivity index (χ4n) is 7.46. The van der Waals surface area contributed by atoms with Crippen LogP contribution in [0.25, 0.3) is 0 Å². The molecule has 1 rings (SSSR count). The molecule has 0 aromatic rings. The van der Waals surface area contributed by atoms with E-state index in [4.69, 9.17) is 18.9 Å². The lowest BCUT2D eigenvalue weighted by Crippen LogP contribution is -2.60. The summed E-state index contributed by atoms with van der Waals surface area (Å²) in [5.41, 5.74) is 0. The van der Waals surface area contributed by atoms with Gasteiger partial charge in [-0.2, -0.15) is 8.42 Å². The van der Waals surface area contributed by atoms with E-state index in [0.29, 0.717) is 13.0 Å². The smallest absolute Gasteiger partial charge is 0.397 e. The zero-order valence-electron chi connectivity index (χ0n) is 38.9. The average Bonchev–Trinajstić information content (AvgIpc) is 3.24. The number of aliphatic hydroxyl groups excluding tert-OH is 3. The van der Waals surface area contributed by atoms with E-state index in [0.717, 1.165) is 64.2 Å². The molecule has 0 saturated carbocycles. The molecule has 1 saturated heterocycles. The molecule has 62 heavy (non-hydrogen) atoms. The highest BCUT2D eigenvalue weighted by atomic mass is 32.3. The van der Waals surface area contributed by atoms with Gasteiger partial charge in [0.25, 0.3) is 0 Å². The van der Waals surface area contributed by atoms with Gasteiger partial charge in [0.2, 0.25) is 0 Å². The van der Waals surface area contributed by atoms with E-state index in [9.17, 15) is 33.1 Å². The fraction of sp³-hybridized carbons (Fsp3) is 0.857. The van der Waals surface area contributed by atoms with Gasteiger partial charge >= 0.3 is 16.4 Å². The third-order valence-electron chi connectivity index (χ3n) is 11.2. The topological polar surface area (TPSA) is 178 Å². The Bertz CT molecular complexity index is 1230. The van der Waals surface area contributed by atoms with Crippen molar-refractivity contribution >= 4 is 16.4 Å². The molecule has 0 aromatic carbocycles. The highest BCUT2D eigenvalue weighted by molar-refractivity contribution is 7.80. The molecule has 364 valence electrons. The summed E-state index contributed by atoms with van der Waals surface area (Å²) in [6.45, 7) is 3.96. The van der Waals surface area contributed by atoms with Gasteiger partial charge in [-0.05, 0) is 70.6 Å². The maximum atomic E-state index is 12.9. The second-order valence-electron chi connectivity index (χ2n) is 17.0. The predicted octanol–water partition coefficient (Wildman–Crippen LogP) is 11.0. The lowest BCUT2D eigenvalue weighted by atomic mass is 9.99. The number of hydrogen-bond acceptors (Lipinski definition) is 11. The number of ether oxygens (including phenoxy) is 4. The molecule has 6 atom stereocenters. The van der Waals surface area contributed by atoms with E-state index in [1.165, 1.54) is 116 Å². The zero-order chi connectivity index (χ0) is 45.4. The quantitative estimate of drug-likeness (QED) is 0.0197. The summed E-state index contributed by atoms with van der Waals surface area (Å²) in [5, 5.41) is 30.7. The van der Waals surface area contributed by atoms with Gasteiger partial charge in [0.15, 0.2) is 6.29 Å².